The van der Waals surface area contributed by atoms with E-state index in [1.807, 2.05) is 25.1 Å². The van der Waals surface area contributed by atoms with E-state index in [0.717, 1.165) is 28.9 Å². The number of nitrogens with zero attached hydrogens (tertiary/aromatic N) is 1. The molecule has 4 N–H and O–H groups in total. The number of rotatable bonds is 10. The van der Waals surface area contributed by atoms with Gasteiger partial charge in [0.2, 0.25) is 5.91 Å². The lowest BCUT2D eigenvalue weighted by Crippen LogP contribution is -2.36. The highest BCUT2D eigenvalue weighted by Gasteiger charge is 2.07. The minimum absolute atomic E-state index is 0. The predicted molar refractivity (Wildman–Crippen MR) is 131 cm³/mol. The van der Waals surface area contributed by atoms with Crippen molar-refractivity contribution in [2.24, 2.45) is 10.7 Å². The molecule has 30 heavy (non-hydrogen) atoms. The molecule has 0 spiro atoms. The van der Waals surface area contributed by atoms with E-state index in [0.29, 0.717) is 37.8 Å². The number of aliphatic imine (C=N–C) groups is 1. The molecule has 0 saturated heterocycles. The van der Waals surface area contributed by atoms with Crippen LogP contribution in [0.4, 0.5) is 0 Å². The van der Waals surface area contributed by atoms with Crippen LogP contribution in [0, 0.1) is 6.92 Å². The topological polar surface area (TPSA) is 98.0 Å². The molecule has 2 aromatic rings. The Balaban J connectivity index is 0.00000450. The molecule has 7 nitrogen and oxygen atoms in total. The van der Waals surface area contributed by atoms with Gasteiger partial charge in [0.05, 0.1) is 6.61 Å². The summed E-state index contributed by atoms with van der Waals surface area (Å²) in [5.74, 6) is 1.11. The van der Waals surface area contributed by atoms with Gasteiger partial charge < -0.3 is 25.8 Å². The number of ether oxygens (including phenoxy) is 2. The molecule has 0 saturated carbocycles. The summed E-state index contributed by atoms with van der Waals surface area (Å²) < 4.78 is 11.0. The summed E-state index contributed by atoms with van der Waals surface area (Å²) in [5.41, 5.74) is 8.99. The third kappa shape index (κ3) is 8.58. The summed E-state index contributed by atoms with van der Waals surface area (Å²) in [6, 6.07) is 13.3. The Kier molecular flexibility index (Phi) is 11.8. The number of hydrogen-bond acceptors (Lipinski definition) is 4. The second-order valence-electron chi connectivity index (χ2n) is 6.65. The molecule has 0 radical (unpaired) electrons. The summed E-state index contributed by atoms with van der Waals surface area (Å²) >= 11 is 0. The average Bonchev–Trinajstić information content (AvgIpc) is 2.72. The number of guanidine groups is 1. The number of methoxy groups -OCH3 is 1. The van der Waals surface area contributed by atoms with Crippen molar-refractivity contribution in [3.63, 3.8) is 0 Å². The monoisotopic (exact) mass is 526 g/mol. The Hall–Kier alpha value is -2.33. The van der Waals surface area contributed by atoms with Crippen molar-refractivity contribution in [1.29, 1.82) is 0 Å². The molecule has 0 aliphatic rings. The maximum absolute atomic E-state index is 11.2. The van der Waals surface area contributed by atoms with Gasteiger partial charge in [0, 0.05) is 51.4 Å². The average molecular weight is 526 g/mol. The zero-order valence-corrected chi connectivity index (χ0v) is 20.1. The fourth-order valence-electron chi connectivity index (χ4n) is 2.70. The van der Waals surface area contributed by atoms with Gasteiger partial charge in [-0.2, -0.15) is 0 Å². The summed E-state index contributed by atoms with van der Waals surface area (Å²) in [6.45, 7) is 4.49. The van der Waals surface area contributed by atoms with E-state index in [4.69, 9.17) is 15.2 Å². The standard InChI is InChI=1S/C22H30N4O3.HI/c1-16-5-8-19(20(13-16)29-12-4-11-28-3)15-26-22(24-2)25-14-17-6-9-18(10-7-17)21(23)27;/h5-10,13H,4,11-12,14-15H2,1-3H3,(H2,23,27)(H2,24,25,26);1H. The van der Waals surface area contributed by atoms with Crippen molar-refractivity contribution >= 4 is 35.8 Å². The normalized spacial score (nSPS) is 10.8. The number of amides is 1. The first-order valence-electron chi connectivity index (χ1n) is 9.58. The van der Waals surface area contributed by atoms with Crippen molar-refractivity contribution < 1.29 is 14.3 Å². The van der Waals surface area contributed by atoms with Crippen LogP contribution in [-0.2, 0) is 17.8 Å². The van der Waals surface area contributed by atoms with Gasteiger partial charge in [-0.1, -0.05) is 24.3 Å². The van der Waals surface area contributed by atoms with Gasteiger partial charge in [-0.3, -0.25) is 9.79 Å². The molecule has 0 heterocycles. The predicted octanol–water partition coefficient (Wildman–Crippen LogP) is 2.99. The summed E-state index contributed by atoms with van der Waals surface area (Å²) in [5, 5.41) is 6.57. The number of carbonyl (C=O) groups excluding carboxylic acids is 1. The molecule has 0 aromatic heterocycles. The number of aryl methyl sites for hydroxylation is 1. The van der Waals surface area contributed by atoms with E-state index in [-0.39, 0.29) is 24.0 Å². The zero-order chi connectivity index (χ0) is 21.1. The Bertz CT molecular complexity index is 826. The van der Waals surface area contributed by atoms with Crippen LogP contribution in [0.2, 0.25) is 0 Å². The quantitative estimate of drug-likeness (QED) is 0.192. The molecular formula is C22H31IN4O3. The van der Waals surface area contributed by atoms with Gasteiger partial charge in [0.25, 0.3) is 0 Å². The lowest BCUT2D eigenvalue weighted by molar-refractivity contribution is 0.100. The van der Waals surface area contributed by atoms with E-state index >= 15 is 0 Å². The zero-order valence-electron chi connectivity index (χ0n) is 17.7. The number of hydrogen-bond donors (Lipinski definition) is 3. The Morgan fingerprint density at radius 3 is 2.40 bits per heavy atom. The van der Waals surface area contributed by atoms with Crippen LogP contribution in [0.5, 0.6) is 5.75 Å². The molecule has 0 bridgehead atoms. The molecular weight excluding hydrogens is 495 g/mol. The highest BCUT2D eigenvalue weighted by atomic mass is 127. The first-order valence-corrected chi connectivity index (χ1v) is 9.58. The lowest BCUT2D eigenvalue weighted by Gasteiger charge is -2.15. The Morgan fingerprint density at radius 2 is 1.77 bits per heavy atom. The highest BCUT2D eigenvalue weighted by molar-refractivity contribution is 14.0. The molecule has 2 aromatic carbocycles. The molecule has 8 heteroatoms. The van der Waals surface area contributed by atoms with Crippen LogP contribution in [-0.4, -0.2) is 39.2 Å². The van der Waals surface area contributed by atoms with Crippen molar-refractivity contribution in [2.45, 2.75) is 26.4 Å². The summed E-state index contributed by atoms with van der Waals surface area (Å²) in [4.78, 5) is 15.4. The third-order valence-corrected chi connectivity index (χ3v) is 4.34. The fourth-order valence-corrected chi connectivity index (χ4v) is 2.70. The summed E-state index contributed by atoms with van der Waals surface area (Å²) in [7, 11) is 3.41. The molecule has 0 atom stereocenters. The van der Waals surface area contributed by atoms with Crippen molar-refractivity contribution in [3.8, 4) is 5.75 Å². The number of primary amides is 1. The number of halogens is 1. The first kappa shape index (κ1) is 25.7. The van der Waals surface area contributed by atoms with Crippen molar-refractivity contribution in [3.05, 3.63) is 64.7 Å². The van der Waals surface area contributed by atoms with Gasteiger partial charge in [0.1, 0.15) is 5.75 Å². The number of benzene rings is 2. The minimum atomic E-state index is -0.430. The third-order valence-electron chi connectivity index (χ3n) is 4.34. The maximum Gasteiger partial charge on any atom is 0.248 e. The van der Waals surface area contributed by atoms with Gasteiger partial charge >= 0.3 is 0 Å². The fraction of sp³-hybridized carbons (Fsp3) is 0.364. The molecule has 0 fully saturated rings. The molecule has 0 unspecified atom stereocenters. The van der Waals surface area contributed by atoms with Crippen molar-refractivity contribution in [2.75, 3.05) is 27.4 Å². The highest BCUT2D eigenvalue weighted by Crippen LogP contribution is 2.20. The van der Waals surface area contributed by atoms with Gasteiger partial charge in [-0.05, 0) is 36.2 Å². The molecule has 0 aliphatic carbocycles. The SMILES string of the molecule is CN=C(NCc1ccc(C(N)=O)cc1)NCc1ccc(C)cc1OCCCOC.I. The van der Waals surface area contributed by atoms with Crippen LogP contribution in [0.3, 0.4) is 0 Å². The maximum atomic E-state index is 11.2. The Labute approximate surface area is 195 Å². The van der Waals surface area contributed by atoms with E-state index in [9.17, 15) is 4.79 Å². The van der Waals surface area contributed by atoms with Crippen molar-refractivity contribution in [1.82, 2.24) is 10.6 Å². The summed E-state index contributed by atoms with van der Waals surface area (Å²) in [6.07, 6.45) is 0.842. The molecule has 0 aliphatic heterocycles. The molecule has 2 rings (SSSR count). The van der Waals surface area contributed by atoms with Gasteiger partial charge in [0.15, 0.2) is 5.96 Å². The number of nitrogens with two attached hydrogens (primary N) is 1. The van der Waals surface area contributed by atoms with Crippen LogP contribution in [0.1, 0.15) is 33.5 Å². The van der Waals surface area contributed by atoms with Gasteiger partial charge in [-0.25, -0.2) is 0 Å². The van der Waals surface area contributed by atoms with E-state index in [1.165, 1.54) is 0 Å². The van der Waals surface area contributed by atoms with Crippen LogP contribution >= 0.6 is 24.0 Å². The second kappa shape index (κ2) is 13.8. The van der Waals surface area contributed by atoms with Crippen LogP contribution < -0.4 is 21.1 Å². The number of carbonyl (C=O) groups is 1. The second-order valence-corrected chi connectivity index (χ2v) is 6.65. The lowest BCUT2D eigenvalue weighted by atomic mass is 10.1. The molecule has 164 valence electrons. The van der Waals surface area contributed by atoms with E-state index < -0.39 is 5.91 Å². The Morgan fingerprint density at radius 1 is 1.07 bits per heavy atom. The smallest absolute Gasteiger partial charge is 0.248 e. The van der Waals surface area contributed by atoms with E-state index in [2.05, 4.69) is 27.8 Å². The number of nitrogens with one attached hydrogen (secondary N) is 2. The first-order chi connectivity index (χ1) is 14.0. The minimum Gasteiger partial charge on any atom is -0.493 e. The van der Waals surface area contributed by atoms with Crippen LogP contribution in [0.15, 0.2) is 47.5 Å². The van der Waals surface area contributed by atoms with E-state index in [1.54, 1.807) is 26.3 Å². The molecule has 1 amide bonds. The van der Waals surface area contributed by atoms with Gasteiger partial charge in [-0.15, -0.1) is 24.0 Å². The van der Waals surface area contributed by atoms with Crippen LogP contribution in [0.25, 0.3) is 0 Å². The largest absolute Gasteiger partial charge is 0.493 e.